The van der Waals surface area contributed by atoms with E-state index in [0.717, 1.165) is 32.6 Å². The van der Waals surface area contributed by atoms with Crippen molar-refractivity contribution in [1.29, 1.82) is 0 Å². The molecular weight excluding hydrogens is 316 g/mol. The second-order valence-electron chi connectivity index (χ2n) is 5.73. The molecule has 23 heavy (non-hydrogen) atoms. The van der Waals surface area contributed by atoms with Crippen molar-refractivity contribution in [2.24, 2.45) is 0 Å². The minimum absolute atomic E-state index is 0. The molecule has 2 rings (SSSR count). The summed E-state index contributed by atoms with van der Waals surface area (Å²) < 4.78 is 0. The molecule has 3 amide bonds. The highest BCUT2D eigenvalue weighted by molar-refractivity contribution is 5.95. The van der Waals surface area contributed by atoms with Gasteiger partial charge in [-0.2, -0.15) is 0 Å². The molecule has 7 heteroatoms. The lowest BCUT2D eigenvalue weighted by Gasteiger charge is -2.20. The number of carbonyl (C=O) groups is 2. The Hall–Kier alpha value is -1.79. The van der Waals surface area contributed by atoms with Gasteiger partial charge in [0.2, 0.25) is 0 Å². The summed E-state index contributed by atoms with van der Waals surface area (Å²) in [7, 11) is 0. The van der Waals surface area contributed by atoms with Gasteiger partial charge in [-0.05, 0) is 51.1 Å². The van der Waals surface area contributed by atoms with Crippen LogP contribution in [-0.2, 0) is 0 Å². The summed E-state index contributed by atoms with van der Waals surface area (Å²) in [5.74, 6) is 0.0434. The fraction of sp³-hybridized carbons (Fsp3) is 0.500. The molecule has 0 aliphatic carbocycles. The lowest BCUT2D eigenvalue weighted by Crippen LogP contribution is -2.34. The molecule has 1 aromatic rings. The molecule has 1 fully saturated rings. The van der Waals surface area contributed by atoms with Crippen LogP contribution in [0.1, 0.15) is 30.6 Å². The van der Waals surface area contributed by atoms with Gasteiger partial charge in [-0.15, -0.1) is 12.4 Å². The number of amides is 3. The predicted octanol–water partition coefficient (Wildman–Crippen LogP) is 2.07. The predicted molar refractivity (Wildman–Crippen MR) is 94.4 cm³/mol. The maximum Gasteiger partial charge on any atom is 0.319 e. The lowest BCUT2D eigenvalue weighted by atomic mass is 10.1. The monoisotopic (exact) mass is 340 g/mol. The fourth-order valence-corrected chi connectivity index (χ4v) is 2.36. The van der Waals surface area contributed by atoms with Gasteiger partial charge in [-0.3, -0.25) is 4.79 Å². The van der Waals surface area contributed by atoms with Gasteiger partial charge >= 0.3 is 6.03 Å². The van der Waals surface area contributed by atoms with Crippen LogP contribution in [0.3, 0.4) is 0 Å². The van der Waals surface area contributed by atoms with Gasteiger partial charge in [-0.25, -0.2) is 4.79 Å². The molecule has 1 aromatic carbocycles. The zero-order chi connectivity index (χ0) is 15.9. The summed E-state index contributed by atoms with van der Waals surface area (Å²) in [5, 5.41) is 8.78. The van der Waals surface area contributed by atoms with Crippen molar-refractivity contribution in [2.45, 2.75) is 26.3 Å². The second kappa shape index (κ2) is 9.37. The minimum Gasteiger partial charge on any atom is -0.337 e. The van der Waals surface area contributed by atoms with Crippen molar-refractivity contribution in [3.05, 3.63) is 29.8 Å². The molecule has 1 aliphatic heterocycles. The van der Waals surface area contributed by atoms with Crippen molar-refractivity contribution in [2.75, 3.05) is 31.5 Å². The fourth-order valence-electron chi connectivity index (χ4n) is 2.36. The SMILES string of the molecule is CC(C)NC(=O)Nc1ccc(C(=O)N2CCCNCC2)cc1.Cl. The number of nitrogens with zero attached hydrogens (tertiary/aromatic N) is 1. The van der Waals surface area contributed by atoms with Crippen LogP contribution in [0.25, 0.3) is 0 Å². The highest BCUT2D eigenvalue weighted by atomic mass is 35.5. The Morgan fingerprint density at radius 1 is 1.13 bits per heavy atom. The van der Waals surface area contributed by atoms with Gasteiger partial charge in [0, 0.05) is 36.9 Å². The number of halogens is 1. The highest BCUT2D eigenvalue weighted by Crippen LogP contribution is 2.12. The Bertz CT molecular complexity index is 511. The molecule has 0 radical (unpaired) electrons. The summed E-state index contributed by atoms with van der Waals surface area (Å²) in [6, 6.07) is 6.86. The summed E-state index contributed by atoms with van der Waals surface area (Å²) in [6.07, 6.45) is 0.973. The highest BCUT2D eigenvalue weighted by Gasteiger charge is 2.16. The van der Waals surface area contributed by atoms with Crippen LogP contribution in [0.15, 0.2) is 24.3 Å². The number of nitrogens with one attached hydrogen (secondary N) is 3. The number of hydrogen-bond donors (Lipinski definition) is 3. The Morgan fingerprint density at radius 3 is 2.48 bits per heavy atom. The van der Waals surface area contributed by atoms with Crippen LogP contribution in [-0.4, -0.2) is 49.1 Å². The lowest BCUT2D eigenvalue weighted by molar-refractivity contribution is 0.0766. The molecule has 128 valence electrons. The van der Waals surface area contributed by atoms with Gasteiger partial charge in [0.25, 0.3) is 5.91 Å². The van der Waals surface area contributed by atoms with E-state index in [0.29, 0.717) is 11.3 Å². The molecular formula is C16H25ClN4O2. The summed E-state index contributed by atoms with van der Waals surface area (Å²) in [5.41, 5.74) is 1.32. The molecule has 0 atom stereocenters. The first-order chi connectivity index (χ1) is 10.6. The summed E-state index contributed by atoms with van der Waals surface area (Å²) in [4.78, 5) is 25.9. The molecule has 0 unspecified atom stereocenters. The number of carbonyl (C=O) groups excluding carboxylic acids is 2. The van der Waals surface area contributed by atoms with Gasteiger partial charge < -0.3 is 20.9 Å². The largest absolute Gasteiger partial charge is 0.337 e. The molecule has 3 N–H and O–H groups in total. The van der Waals surface area contributed by atoms with Crippen molar-refractivity contribution in [1.82, 2.24) is 15.5 Å². The van der Waals surface area contributed by atoms with E-state index in [4.69, 9.17) is 0 Å². The Kier molecular flexibility index (Phi) is 7.85. The number of rotatable bonds is 3. The molecule has 1 heterocycles. The van der Waals surface area contributed by atoms with Crippen LogP contribution in [0.2, 0.25) is 0 Å². The summed E-state index contributed by atoms with van der Waals surface area (Å²) in [6.45, 7) is 7.10. The molecule has 0 aromatic heterocycles. The second-order valence-corrected chi connectivity index (χ2v) is 5.73. The zero-order valence-electron chi connectivity index (χ0n) is 13.6. The average molecular weight is 341 g/mol. The molecule has 1 saturated heterocycles. The standard InChI is InChI=1S/C16H24N4O2.ClH/c1-12(2)18-16(22)19-14-6-4-13(5-7-14)15(21)20-10-3-8-17-9-11-20;/h4-7,12,17H,3,8-11H2,1-2H3,(H2,18,19,22);1H. The quantitative estimate of drug-likeness (QED) is 0.788. The normalized spacial score (nSPS) is 14.7. The van der Waals surface area contributed by atoms with Crippen molar-refractivity contribution in [3.8, 4) is 0 Å². The van der Waals surface area contributed by atoms with Crippen molar-refractivity contribution >= 4 is 30.0 Å². The van der Waals surface area contributed by atoms with Gasteiger partial charge in [0.15, 0.2) is 0 Å². The van der Waals surface area contributed by atoms with E-state index >= 15 is 0 Å². The van der Waals surface area contributed by atoms with Gasteiger partial charge in [0.1, 0.15) is 0 Å². The van der Waals surface area contributed by atoms with E-state index in [1.807, 2.05) is 18.7 Å². The van der Waals surface area contributed by atoms with Crippen LogP contribution in [0.4, 0.5) is 10.5 Å². The van der Waals surface area contributed by atoms with E-state index in [-0.39, 0.29) is 30.4 Å². The number of urea groups is 1. The van der Waals surface area contributed by atoms with Crippen LogP contribution in [0.5, 0.6) is 0 Å². The number of benzene rings is 1. The third-order valence-electron chi connectivity index (χ3n) is 3.44. The maximum atomic E-state index is 12.4. The van der Waals surface area contributed by atoms with Crippen molar-refractivity contribution in [3.63, 3.8) is 0 Å². The van der Waals surface area contributed by atoms with Gasteiger partial charge in [0.05, 0.1) is 0 Å². The first-order valence-corrected chi connectivity index (χ1v) is 7.74. The molecule has 0 saturated carbocycles. The van der Waals surface area contributed by atoms with Gasteiger partial charge in [-0.1, -0.05) is 0 Å². The first-order valence-electron chi connectivity index (χ1n) is 7.74. The Labute approximate surface area is 143 Å². The number of anilines is 1. The first kappa shape index (κ1) is 19.3. The average Bonchev–Trinajstić information content (AvgIpc) is 2.75. The van der Waals surface area contributed by atoms with E-state index in [2.05, 4.69) is 16.0 Å². The third kappa shape index (κ3) is 6.08. The Balaban J connectivity index is 0.00000264. The Morgan fingerprint density at radius 2 is 1.83 bits per heavy atom. The van der Waals surface area contributed by atoms with E-state index in [1.54, 1.807) is 24.3 Å². The molecule has 0 bridgehead atoms. The maximum absolute atomic E-state index is 12.4. The topological polar surface area (TPSA) is 73.5 Å². The van der Waals surface area contributed by atoms with E-state index < -0.39 is 0 Å². The third-order valence-corrected chi connectivity index (χ3v) is 3.44. The molecule has 0 spiro atoms. The minimum atomic E-state index is -0.243. The smallest absolute Gasteiger partial charge is 0.319 e. The molecule has 6 nitrogen and oxygen atoms in total. The van der Waals surface area contributed by atoms with Crippen LogP contribution >= 0.6 is 12.4 Å². The van der Waals surface area contributed by atoms with E-state index in [1.165, 1.54) is 0 Å². The summed E-state index contributed by atoms with van der Waals surface area (Å²) >= 11 is 0. The zero-order valence-corrected chi connectivity index (χ0v) is 14.4. The number of hydrogen-bond acceptors (Lipinski definition) is 3. The van der Waals surface area contributed by atoms with Crippen LogP contribution in [0, 0.1) is 0 Å². The van der Waals surface area contributed by atoms with Crippen LogP contribution < -0.4 is 16.0 Å². The van der Waals surface area contributed by atoms with E-state index in [9.17, 15) is 9.59 Å². The van der Waals surface area contributed by atoms with Crippen molar-refractivity contribution < 1.29 is 9.59 Å². The molecule has 1 aliphatic rings.